The summed E-state index contributed by atoms with van der Waals surface area (Å²) in [5, 5.41) is 0.495. The van der Waals surface area contributed by atoms with Crippen molar-refractivity contribution in [1.82, 2.24) is 0 Å². The zero-order valence-electron chi connectivity index (χ0n) is 15.9. The molecule has 0 fully saturated rings. The Morgan fingerprint density at radius 1 is 1.28 bits per heavy atom. The predicted octanol–water partition coefficient (Wildman–Crippen LogP) is 3.72. The maximum atomic E-state index is 13.4. The molecule has 1 aromatic heterocycles. The Balaban J connectivity index is 2.05. The molecule has 0 aliphatic carbocycles. The lowest BCUT2D eigenvalue weighted by Crippen LogP contribution is -2.11. The van der Waals surface area contributed by atoms with E-state index in [-0.39, 0.29) is 23.1 Å². The number of fused-ring (bicyclic) bond motifs is 3. The molecule has 29 heavy (non-hydrogen) atoms. The molecule has 2 heterocycles. The number of anilines is 1. The molecule has 0 radical (unpaired) electrons. The highest BCUT2D eigenvalue weighted by molar-refractivity contribution is 7.92. The number of nitrogens with one attached hydrogen (secondary N) is 1. The summed E-state index contributed by atoms with van der Waals surface area (Å²) in [7, 11) is -2.31. The number of hydrogen-bond donors (Lipinski definition) is 1. The van der Waals surface area contributed by atoms with Crippen molar-refractivity contribution in [2.24, 2.45) is 0 Å². The molecule has 9 heteroatoms. The Kier molecular flexibility index (Phi) is 4.49. The average molecular weight is 419 g/mol. The second-order valence-corrected chi connectivity index (χ2v) is 8.66. The Morgan fingerprint density at radius 2 is 1.97 bits per heavy atom. The van der Waals surface area contributed by atoms with E-state index in [4.69, 9.17) is 13.9 Å². The standard InChI is InChI=1S/C20H18FNO6S/c1-10-8-13-16-15(9-14(19(13)27-10)22-29(3,24)25)28-18(17(16)20(23)26-2)11-4-6-12(21)7-5-11/h4-7,9-10,22H,8H2,1-3H3. The van der Waals surface area contributed by atoms with Crippen LogP contribution in [-0.2, 0) is 21.2 Å². The molecule has 7 nitrogen and oxygen atoms in total. The van der Waals surface area contributed by atoms with Crippen LogP contribution < -0.4 is 9.46 Å². The van der Waals surface area contributed by atoms with E-state index in [2.05, 4.69) is 4.72 Å². The first-order valence-corrected chi connectivity index (χ1v) is 10.7. The van der Waals surface area contributed by atoms with E-state index in [0.29, 0.717) is 34.3 Å². The molecule has 1 aliphatic heterocycles. The van der Waals surface area contributed by atoms with Gasteiger partial charge in [0.1, 0.15) is 34.6 Å². The van der Waals surface area contributed by atoms with Gasteiger partial charge in [0, 0.05) is 29.0 Å². The van der Waals surface area contributed by atoms with Gasteiger partial charge in [0.15, 0.2) is 0 Å². The maximum absolute atomic E-state index is 13.4. The second kappa shape index (κ2) is 6.77. The van der Waals surface area contributed by atoms with Gasteiger partial charge in [-0.3, -0.25) is 4.72 Å². The van der Waals surface area contributed by atoms with E-state index in [1.807, 2.05) is 6.92 Å². The van der Waals surface area contributed by atoms with Crippen LogP contribution in [0.4, 0.5) is 10.1 Å². The van der Waals surface area contributed by atoms with E-state index in [0.717, 1.165) is 6.26 Å². The largest absolute Gasteiger partial charge is 0.488 e. The topological polar surface area (TPSA) is 94.8 Å². The van der Waals surface area contributed by atoms with Crippen molar-refractivity contribution in [1.29, 1.82) is 0 Å². The third kappa shape index (κ3) is 3.42. The molecule has 0 amide bonds. The number of furan rings is 1. The SMILES string of the molecule is COC(=O)c1c(-c2ccc(F)cc2)oc2cc(NS(C)(=O)=O)c3c(c12)CC(C)O3. The first-order valence-electron chi connectivity index (χ1n) is 8.79. The van der Waals surface area contributed by atoms with E-state index in [1.54, 1.807) is 0 Å². The van der Waals surface area contributed by atoms with Crippen molar-refractivity contribution in [3.05, 3.63) is 47.3 Å². The van der Waals surface area contributed by atoms with Crippen LogP contribution in [0.2, 0.25) is 0 Å². The molecule has 0 saturated heterocycles. The number of rotatable bonds is 4. The van der Waals surface area contributed by atoms with Crippen molar-refractivity contribution in [2.75, 3.05) is 18.1 Å². The highest BCUT2D eigenvalue weighted by Gasteiger charge is 2.33. The molecular formula is C20H18FNO6S. The molecule has 1 N–H and O–H groups in total. The first kappa shape index (κ1) is 19.3. The van der Waals surface area contributed by atoms with Crippen LogP contribution in [0.3, 0.4) is 0 Å². The predicted molar refractivity (Wildman–Crippen MR) is 105 cm³/mol. The Morgan fingerprint density at radius 3 is 2.59 bits per heavy atom. The molecule has 2 aromatic carbocycles. The summed E-state index contributed by atoms with van der Waals surface area (Å²) >= 11 is 0. The molecule has 1 unspecified atom stereocenters. The van der Waals surface area contributed by atoms with Crippen LogP contribution in [0.15, 0.2) is 34.7 Å². The van der Waals surface area contributed by atoms with Gasteiger partial charge < -0.3 is 13.9 Å². The summed E-state index contributed by atoms with van der Waals surface area (Å²) in [6.45, 7) is 1.84. The van der Waals surface area contributed by atoms with Gasteiger partial charge in [0.2, 0.25) is 10.0 Å². The fourth-order valence-electron chi connectivity index (χ4n) is 3.56. The number of halogens is 1. The lowest BCUT2D eigenvalue weighted by molar-refractivity contribution is 0.0603. The second-order valence-electron chi connectivity index (χ2n) is 6.92. The minimum absolute atomic E-state index is 0.189. The van der Waals surface area contributed by atoms with Crippen LogP contribution in [0.5, 0.6) is 5.75 Å². The molecule has 0 saturated carbocycles. The van der Waals surface area contributed by atoms with Crippen molar-refractivity contribution in [3.63, 3.8) is 0 Å². The summed E-state index contributed by atoms with van der Waals surface area (Å²) in [6.07, 6.45) is 1.27. The number of ether oxygens (including phenoxy) is 2. The van der Waals surface area contributed by atoms with Gasteiger partial charge in [-0.25, -0.2) is 17.6 Å². The van der Waals surface area contributed by atoms with E-state index < -0.39 is 21.8 Å². The minimum atomic E-state index is -3.57. The van der Waals surface area contributed by atoms with Gasteiger partial charge in [-0.1, -0.05) is 0 Å². The Bertz CT molecular complexity index is 1230. The van der Waals surface area contributed by atoms with Crippen molar-refractivity contribution >= 4 is 32.6 Å². The zero-order chi connectivity index (χ0) is 20.9. The quantitative estimate of drug-likeness (QED) is 0.648. The van der Waals surface area contributed by atoms with Gasteiger partial charge in [0.05, 0.1) is 19.1 Å². The van der Waals surface area contributed by atoms with Crippen molar-refractivity contribution in [2.45, 2.75) is 19.4 Å². The maximum Gasteiger partial charge on any atom is 0.342 e. The molecule has 0 spiro atoms. The molecule has 0 bridgehead atoms. The van der Waals surface area contributed by atoms with Gasteiger partial charge in [0.25, 0.3) is 0 Å². The molecule has 1 atom stereocenters. The van der Waals surface area contributed by atoms with Crippen LogP contribution in [0, 0.1) is 5.82 Å². The van der Waals surface area contributed by atoms with Crippen molar-refractivity contribution < 1.29 is 31.5 Å². The number of esters is 1. The van der Waals surface area contributed by atoms with Crippen LogP contribution in [0.1, 0.15) is 22.8 Å². The highest BCUT2D eigenvalue weighted by Crippen LogP contribution is 2.46. The average Bonchev–Trinajstić information content (AvgIpc) is 3.21. The lowest BCUT2D eigenvalue weighted by atomic mass is 9.98. The van der Waals surface area contributed by atoms with E-state index in [1.165, 1.54) is 37.4 Å². The molecule has 1 aliphatic rings. The first-order chi connectivity index (χ1) is 13.7. The number of carbonyl (C=O) groups excluding carboxylic acids is 1. The summed E-state index contributed by atoms with van der Waals surface area (Å²) in [6, 6.07) is 6.99. The number of benzene rings is 2. The molecular weight excluding hydrogens is 401 g/mol. The number of sulfonamides is 1. The number of carbonyl (C=O) groups is 1. The zero-order valence-corrected chi connectivity index (χ0v) is 16.7. The van der Waals surface area contributed by atoms with Gasteiger partial charge >= 0.3 is 5.97 Å². The fourth-order valence-corrected chi connectivity index (χ4v) is 4.11. The van der Waals surface area contributed by atoms with E-state index >= 15 is 0 Å². The smallest absolute Gasteiger partial charge is 0.342 e. The Labute approximate surface area is 166 Å². The normalized spacial score (nSPS) is 15.8. The van der Waals surface area contributed by atoms with Gasteiger partial charge in [-0.15, -0.1) is 0 Å². The molecule has 4 rings (SSSR count). The van der Waals surface area contributed by atoms with Gasteiger partial charge in [-0.2, -0.15) is 0 Å². The Hall–Kier alpha value is -3.07. The van der Waals surface area contributed by atoms with Crippen LogP contribution in [0.25, 0.3) is 22.3 Å². The summed E-state index contributed by atoms with van der Waals surface area (Å²) in [4.78, 5) is 12.6. The minimum Gasteiger partial charge on any atom is -0.488 e. The summed E-state index contributed by atoms with van der Waals surface area (Å²) < 4.78 is 56.1. The van der Waals surface area contributed by atoms with Crippen LogP contribution in [-0.4, -0.2) is 33.9 Å². The molecule has 3 aromatic rings. The van der Waals surface area contributed by atoms with Crippen LogP contribution >= 0.6 is 0 Å². The number of methoxy groups -OCH3 is 1. The fraction of sp³-hybridized carbons (Fsp3) is 0.250. The van der Waals surface area contributed by atoms with Crippen molar-refractivity contribution in [3.8, 4) is 17.1 Å². The highest BCUT2D eigenvalue weighted by atomic mass is 32.2. The monoisotopic (exact) mass is 419 g/mol. The van der Waals surface area contributed by atoms with E-state index in [9.17, 15) is 17.6 Å². The third-order valence-electron chi connectivity index (χ3n) is 4.63. The third-order valence-corrected chi connectivity index (χ3v) is 5.22. The lowest BCUT2D eigenvalue weighted by Gasteiger charge is -2.11. The molecule has 152 valence electrons. The summed E-state index contributed by atoms with van der Waals surface area (Å²) in [5.41, 5.74) is 1.86. The number of hydrogen-bond acceptors (Lipinski definition) is 6. The van der Waals surface area contributed by atoms with Gasteiger partial charge in [-0.05, 0) is 31.2 Å². The summed E-state index contributed by atoms with van der Waals surface area (Å²) in [5.74, 6) is -0.474.